The lowest BCUT2D eigenvalue weighted by Crippen LogP contribution is -2.62. The van der Waals surface area contributed by atoms with E-state index in [9.17, 15) is 37.9 Å². The number of nitrogens with one attached hydrogen (secondary N) is 4. The van der Waals surface area contributed by atoms with E-state index in [1.807, 2.05) is 44.2 Å². The topological polar surface area (TPSA) is 157 Å². The number of halogens is 2. The van der Waals surface area contributed by atoms with Gasteiger partial charge in [-0.15, -0.1) is 0 Å². The van der Waals surface area contributed by atoms with Gasteiger partial charge >= 0.3 is 12.0 Å². The van der Waals surface area contributed by atoms with Gasteiger partial charge in [0, 0.05) is 19.5 Å². The molecule has 1 saturated heterocycles. The van der Waals surface area contributed by atoms with Crippen molar-refractivity contribution in [3.05, 3.63) is 35.9 Å². The second kappa shape index (κ2) is 14.1. The van der Waals surface area contributed by atoms with Crippen LogP contribution in [0.2, 0.25) is 0 Å². The molecule has 0 bridgehead atoms. The van der Waals surface area contributed by atoms with Gasteiger partial charge in [0.15, 0.2) is 0 Å². The second-order valence-electron chi connectivity index (χ2n) is 14.1. The van der Waals surface area contributed by atoms with Crippen molar-refractivity contribution in [2.24, 2.45) is 28.6 Å². The number of carboxylic acid groups (broad SMARTS) is 1. The largest absolute Gasteiger partial charge is 0.480 e. The van der Waals surface area contributed by atoms with Gasteiger partial charge in [0.05, 0.1) is 0 Å². The summed E-state index contributed by atoms with van der Waals surface area (Å²) in [6.07, 6.45) is -3.28. The Labute approximate surface area is 263 Å². The van der Waals surface area contributed by atoms with E-state index in [0.717, 1.165) is 5.56 Å². The molecule has 6 atom stereocenters. The molecular formula is C32H47F2N5O6. The number of urea groups is 1. The van der Waals surface area contributed by atoms with Crippen molar-refractivity contribution in [3.8, 4) is 0 Å². The smallest absolute Gasteiger partial charge is 0.326 e. The van der Waals surface area contributed by atoms with E-state index >= 15 is 0 Å². The average molecular weight is 636 g/mol. The second-order valence-corrected chi connectivity index (χ2v) is 14.1. The lowest BCUT2D eigenvalue weighted by atomic mass is 9.85. The van der Waals surface area contributed by atoms with Crippen molar-refractivity contribution in [2.75, 3.05) is 13.1 Å². The first-order valence-corrected chi connectivity index (χ1v) is 15.4. The summed E-state index contributed by atoms with van der Waals surface area (Å²) in [4.78, 5) is 66.6. The number of amides is 5. The van der Waals surface area contributed by atoms with Gasteiger partial charge in [0.1, 0.15) is 24.2 Å². The normalized spacial score (nSPS) is 22.2. The van der Waals surface area contributed by atoms with Gasteiger partial charge in [-0.25, -0.2) is 18.4 Å². The third-order valence-corrected chi connectivity index (χ3v) is 8.97. The molecule has 1 aromatic carbocycles. The summed E-state index contributed by atoms with van der Waals surface area (Å²) >= 11 is 0. The first kappa shape index (κ1) is 35.7. The van der Waals surface area contributed by atoms with Gasteiger partial charge in [-0.05, 0) is 40.6 Å². The van der Waals surface area contributed by atoms with Crippen LogP contribution in [0.4, 0.5) is 13.6 Å². The van der Waals surface area contributed by atoms with E-state index < -0.39 is 78.1 Å². The van der Waals surface area contributed by atoms with Crippen molar-refractivity contribution < 1.29 is 37.9 Å². The van der Waals surface area contributed by atoms with Crippen molar-refractivity contribution in [3.63, 3.8) is 0 Å². The van der Waals surface area contributed by atoms with Gasteiger partial charge in [-0.1, -0.05) is 78.8 Å². The lowest BCUT2D eigenvalue weighted by molar-refractivity contribution is -0.144. The van der Waals surface area contributed by atoms with Crippen LogP contribution in [0.5, 0.6) is 0 Å². The van der Waals surface area contributed by atoms with E-state index in [2.05, 4.69) is 21.3 Å². The summed E-state index contributed by atoms with van der Waals surface area (Å²) in [7, 11) is 0. The van der Waals surface area contributed by atoms with Crippen molar-refractivity contribution in [1.29, 1.82) is 0 Å². The van der Waals surface area contributed by atoms with E-state index in [4.69, 9.17) is 0 Å². The number of alkyl halides is 2. The maximum Gasteiger partial charge on any atom is 0.326 e. The third-order valence-electron chi connectivity index (χ3n) is 8.97. The number of carbonyl (C=O) groups excluding carboxylic acids is 4. The standard InChI is InChI=1S/C32H47F2N5O6/c1-17(2)23(29(43)44)37-30(45)38-25(31(3,4)5)28(42)39-16-19-22(32(19,6)7)24(39)27(41)36-20(15-21(33)34)26(40)35-14-13-18-11-9-8-10-12-18/h8-12,17,19-25H,13-16H2,1-7H3,(H,35,40)(H,36,41)(H,43,44)(H2,37,38,45)/t19-,20-,22-,23-,24-,25+/m0/s1. The first-order valence-electron chi connectivity index (χ1n) is 15.4. The Morgan fingerprint density at radius 3 is 2.18 bits per heavy atom. The Bertz CT molecular complexity index is 1250. The highest BCUT2D eigenvalue weighted by Crippen LogP contribution is 2.65. The molecule has 13 heteroatoms. The van der Waals surface area contributed by atoms with Crippen LogP contribution in [-0.4, -0.2) is 83.4 Å². The zero-order valence-corrected chi connectivity index (χ0v) is 27.0. The third kappa shape index (κ3) is 8.70. The zero-order chi connectivity index (χ0) is 33.9. The molecule has 0 unspecified atom stereocenters. The molecule has 1 aliphatic carbocycles. The number of aliphatic carboxylic acids is 1. The molecule has 5 N–H and O–H groups in total. The molecule has 11 nitrogen and oxygen atoms in total. The van der Waals surface area contributed by atoms with Crippen LogP contribution in [0.25, 0.3) is 0 Å². The minimum absolute atomic E-state index is 0.0442. The fourth-order valence-corrected chi connectivity index (χ4v) is 6.22. The van der Waals surface area contributed by atoms with Gasteiger partial charge in [0.25, 0.3) is 0 Å². The SMILES string of the molecule is CC(C)[C@H](NC(=O)N[C@H](C(=O)N1C[C@H]2[C@@H]([C@H]1C(=O)N[C@@H](CC(F)F)C(=O)NCCc1ccccc1)C2(C)C)C(C)(C)C)C(=O)O. The van der Waals surface area contributed by atoms with Gasteiger partial charge in [-0.2, -0.15) is 0 Å². The molecule has 0 aromatic heterocycles. The number of benzene rings is 1. The minimum Gasteiger partial charge on any atom is -0.480 e. The maximum absolute atomic E-state index is 14.0. The minimum atomic E-state index is -2.87. The van der Waals surface area contributed by atoms with E-state index in [0.29, 0.717) is 6.42 Å². The summed E-state index contributed by atoms with van der Waals surface area (Å²) in [5.41, 5.74) is -0.193. The van der Waals surface area contributed by atoms with Crippen molar-refractivity contribution in [1.82, 2.24) is 26.2 Å². The Hall–Kier alpha value is -3.77. The highest BCUT2D eigenvalue weighted by Gasteiger charge is 2.70. The predicted molar refractivity (Wildman–Crippen MR) is 163 cm³/mol. The molecule has 250 valence electrons. The molecule has 2 fully saturated rings. The number of hydrogen-bond donors (Lipinski definition) is 5. The van der Waals surface area contributed by atoms with Crippen LogP contribution in [0, 0.1) is 28.6 Å². The van der Waals surface area contributed by atoms with Gasteiger partial charge in [0.2, 0.25) is 24.1 Å². The summed E-state index contributed by atoms with van der Waals surface area (Å²) in [5.74, 6) is -3.98. The molecular weight excluding hydrogens is 588 g/mol. The highest BCUT2D eigenvalue weighted by atomic mass is 19.3. The highest BCUT2D eigenvalue weighted by molar-refractivity contribution is 5.96. The number of nitrogens with zero attached hydrogens (tertiary/aromatic N) is 1. The number of hydrogen-bond acceptors (Lipinski definition) is 5. The Morgan fingerprint density at radius 2 is 1.64 bits per heavy atom. The average Bonchev–Trinajstić information content (AvgIpc) is 3.25. The molecule has 3 rings (SSSR count). The lowest BCUT2D eigenvalue weighted by Gasteiger charge is -2.38. The first-order chi connectivity index (χ1) is 20.9. The number of carbonyl (C=O) groups is 5. The number of fused-ring (bicyclic) bond motifs is 1. The number of rotatable bonds is 13. The van der Waals surface area contributed by atoms with Crippen LogP contribution in [0.3, 0.4) is 0 Å². The molecule has 2 aliphatic rings. The Morgan fingerprint density at radius 1 is 1.02 bits per heavy atom. The quantitative estimate of drug-likeness (QED) is 0.224. The molecule has 5 amide bonds. The molecule has 45 heavy (non-hydrogen) atoms. The summed E-state index contributed by atoms with van der Waals surface area (Å²) < 4.78 is 27.1. The van der Waals surface area contributed by atoms with Gasteiger partial charge < -0.3 is 31.3 Å². The molecule has 1 aromatic rings. The molecule has 1 saturated carbocycles. The molecule has 1 heterocycles. The van der Waals surface area contributed by atoms with E-state index in [1.54, 1.807) is 34.6 Å². The van der Waals surface area contributed by atoms with Crippen LogP contribution >= 0.6 is 0 Å². The maximum atomic E-state index is 14.0. The number of carboxylic acids is 1. The van der Waals surface area contributed by atoms with E-state index in [1.165, 1.54) is 4.90 Å². The summed E-state index contributed by atoms with van der Waals surface area (Å²) in [6.45, 7) is 12.8. The molecule has 0 radical (unpaired) electrons. The summed E-state index contributed by atoms with van der Waals surface area (Å²) in [6, 6.07) is 3.56. The number of likely N-dealkylation sites (tertiary alicyclic amines) is 1. The molecule has 0 spiro atoms. The van der Waals surface area contributed by atoms with E-state index in [-0.39, 0.29) is 30.3 Å². The van der Waals surface area contributed by atoms with Crippen LogP contribution in [0.15, 0.2) is 30.3 Å². The Balaban J connectivity index is 1.78. The summed E-state index contributed by atoms with van der Waals surface area (Å²) in [5, 5.41) is 19.6. The van der Waals surface area contributed by atoms with Crippen LogP contribution < -0.4 is 21.3 Å². The monoisotopic (exact) mass is 635 g/mol. The van der Waals surface area contributed by atoms with Crippen LogP contribution in [-0.2, 0) is 25.6 Å². The van der Waals surface area contributed by atoms with Crippen molar-refractivity contribution >= 4 is 29.7 Å². The molecule has 1 aliphatic heterocycles. The zero-order valence-electron chi connectivity index (χ0n) is 27.0. The van der Waals surface area contributed by atoms with Crippen molar-refractivity contribution in [2.45, 2.75) is 91.9 Å². The fraction of sp³-hybridized carbons (Fsp3) is 0.656. The fourth-order valence-electron chi connectivity index (χ4n) is 6.22. The predicted octanol–water partition coefficient (Wildman–Crippen LogP) is 2.79. The van der Waals surface area contributed by atoms with Crippen LogP contribution in [0.1, 0.15) is 60.5 Å². The Kier molecular flexibility index (Phi) is 11.2. The van der Waals surface area contributed by atoms with Gasteiger partial charge in [-0.3, -0.25) is 14.4 Å². The number of piperidine rings is 1.